The van der Waals surface area contributed by atoms with E-state index in [1.807, 2.05) is 18.2 Å². The number of hydrogen-bond acceptors (Lipinski definition) is 6. The Kier molecular flexibility index (Phi) is 5.44. The molecule has 1 aromatic heterocycles. The van der Waals surface area contributed by atoms with E-state index in [9.17, 15) is 8.42 Å². The number of hydrogen-bond donors (Lipinski definition) is 1. The van der Waals surface area contributed by atoms with Crippen molar-refractivity contribution >= 4 is 32.1 Å². The maximum Gasteiger partial charge on any atom is 0.197 e. The number of likely N-dealkylation sites (N-methyl/N-ethyl adjacent to an activating group) is 1. The van der Waals surface area contributed by atoms with E-state index in [2.05, 4.69) is 31.9 Å². The highest BCUT2D eigenvalue weighted by atomic mass is 32.2. The zero-order valence-electron chi connectivity index (χ0n) is 20.3. The molecule has 0 amide bonds. The number of aromatic amines is 1. The Labute approximate surface area is 214 Å². The summed E-state index contributed by atoms with van der Waals surface area (Å²) in [4.78, 5) is 7.87. The lowest BCUT2D eigenvalue weighted by atomic mass is 9.98. The van der Waals surface area contributed by atoms with Crippen LogP contribution < -0.4 is 9.64 Å². The first kappa shape index (κ1) is 23.5. The predicted octanol–water partition coefficient (Wildman–Crippen LogP) is 4.50. The summed E-state index contributed by atoms with van der Waals surface area (Å²) in [7, 11) is -1.66. The maximum absolute atomic E-state index is 15.3. The highest BCUT2D eigenvalue weighted by molar-refractivity contribution is 7.90. The Balaban J connectivity index is 1.46. The predicted molar refractivity (Wildman–Crippen MR) is 140 cm³/mol. The third kappa shape index (κ3) is 3.91. The van der Waals surface area contributed by atoms with Crippen molar-refractivity contribution in [2.75, 3.05) is 44.4 Å². The number of nitrogens with one attached hydrogen (secondary N) is 1. The van der Waals surface area contributed by atoms with Gasteiger partial charge in [0.2, 0.25) is 0 Å². The average Bonchev–Trinajstić information content (AvgIpc) is 3.29. The van der Waals surface area contributed by atoms with Crippen LogP contribution in [0.2, 0.25) is 0 Å². The van der Waals surface area contributed by atoms with Crippen molar-refractivity contribution in [2.24, 2.45) is 0 Å². The van der Waals surface area contributed by atoms with Crippen LogP contribution in [0.3, 0.4) is 0 Å². The molecule has 4 aromatic rings. The molecule has 0 radical (unpaired) electrons. The standard InChI is InChI=1S/C27H24FN5O3S/c1-29-21-13-22-20(12-19(21)18-5-4-6-25(26(18)28)37(3,34)35)27(31-30-22)16-7-8-23-24(11-16)36-15-17-14-32(2)9-10-33(17)23/h4-8,11-13,17H,9-10,14-15H2,2-3H3,(H,30,31). The summed E-state index contributed by atoms with van der Waals surface area (Å²) in [5, 5.41) is 8.18. The van der Waals surface area contributed by atoms with Gasteiger partial charge in [-0.15, -0.1) is 0 Å². The number of nitrogens with zero attached hydrogens (tertiary/aromatic N) is 4. The largest absolute Gasteiger partial charge is 0.489 e. The SMILES string of the molecule is [C-]#[N+]c1cc2[nH]nc(-c3ccc4c(c3)OCC3CN(C)CCN43)c2cc1-c1cccc(S(C)(=O)=O)c1F. The van der Waals surface area contributed by atoms with E-state index in [1.165, 1.54) is 18.2 Å². The van der Waals surface area contributed by atoms with E-state index in [-0.39, 0.29) is 11.3 Å². The molecule has 1 unspecified atom stereocenters. The number of rotatable bonds is 3. The van der Waals surface area contributed by atoms with Crippen molar-refractivity contribution in [1.29, 1.82) is 0 Å². The number of aromatic nitrogens is 2. The van der Waals surface area contributed by atoms with Gasteiger partial charge in [-0.05, 0) is 36.9 Å². The molecule has 1 saturated heterocycles. The second-order valence-corrected chi connectivity index (χ2v) is 11.6. The molecule has 10 heteroatoms. The van der Waals surface area contributed by atoms with Crippen molar-refractivity contribution in [1.82, 2.24) is 15.1 Å². The van der Waals surface area contributed by atoms with E-state index in [1.54, 1.807) is 12.1 Å². The van der Waals surface area contributed by atoms with E-state index in [0.29, 0.717) is 34.8 Å². The molecule has 3 heterocycles. The Morgan fingerprint density at radius 1 is 1.16 bits per heavy atom. The number of H-pyrrole nitrogens is 1. The zero-order valence-corrected chi connectivity index (χ0v) is 21.1. The summed E-state index contributed by atoms with van der Waals surface area (Å²) in [6.07, 6.45) is 0.963. The van der Waals surface area contributed by atoms with Crippen LogP contribution in [0.25, 0.3) is 38.1 Å². The fourth-order valence-corrected chi connectivity index (χ4v) is 6.02. The lowest BCUT2D eigenvalue weighted by Gasteiger charge is -2.44. The van der Waals surface area contributed by atoms with Gasteiger partial charge < -0.3 is 14.5 Å². The second kappa shape index (κ2) is 8.57. The summed E-state index contributed by atoms with van der Waals surface area (Å²) < 4.78 is 45.6. The van der Waals surface area contributed by atoms with Crippen LogP contribution in [-0.2, 0) is 9.84 Å². The van der Waals surface area contributed by atoms with Crippen molar-refractivity contribution in [3.05, 3.63) is 65.8 Å². The van der Waals surface area contributed by atoms with E-state index in [0.717, 1.165) is 42.9 Å². The van der Waals surface area contributed by atoms with Gasteiger partial charge in [-0.3, -0.25) is 5.10 Å². The Morgan fingerprint density at radius 3 is 2.78 bits per heavy atom. The van der Waals surface area contributed by atoms with E-state index in [4.69, 9.17) is 11.3 Å². The molecule has 3 aromatic carbocycles. The first-order valence-electron chi connectivity index (χ1n) is 11.9. The Hall–Kier alpha value is -3.94. The molecule has 1 fully saturated rings. The van der Waals surface area contributed by atoms with Crippen LogP contribution in [0, 0.1) is 12.4 Å². The van der Waals surface area contributed by atoms with Gasteiger partial charge in [0.25, 0.3) is 0 Å². The average molecular weight is 518 g/mol. The number of ether oxygens (including phenoxy) is 1. The summed E-state index contributed by atoms with van der Waals surface area (Å²) in [5.74, 6) is -0.0810. The fraction of sp³-hybridized carbons (Fsp3) is 0.259. The molecule has 2 aliphatic rings. The summed E-state index contributed by atoms with van der Waals surface area (Å²) >= 11 is 0. The van der Waals surface area contributed by atoms with Crippen molar-refractivity contribution in [3.8, 4) is 28.1 Å². The molecule has 6 rings (SSSR count). The summed E-state index contributed by atoms with van der Waals surface area (Å²) in [6.45, 7) is 11.1. The summed E-state index contributed by atoms with van der Waals surface area (Å²) in [5.41, 5.74) is 3.71. The van der Waals surface area contributed by atoms with Crippen molar-refractivity contribution < 1.29 is 17.5 Å². The first-order valence-corrected chi connectivity index (χ1v) is 13.7. The maximum atomic E-state index is 15.3. The molecule has 1 N–H and O–H groups in total. The van der Waals surface area contributed by atoms with Gasteiger partial charge >= 0.3 is 0 Å². The topological polar surface area (TPSA) is 82.9 Å². The summed E-state index contributed by atoms with van der Waals surface area (Å²) in [6, 6.07) is 13.8. The molecule has 8 nitrogen and oxygen atoms in total. The minimum absolute atomic E-state index is 0.0536. The molecule has 1 atom stereocenters. The highest BCUT2D eigenvalue weighted by Crippen LogP contribution is 2.42. The number of piperazine rings is 1. The smallest absolute Gasteiger partial charge is 0.197 e. The highest BCUT2D eigenvalue weighted by Gasteiger charge is 2.32. The third-order valence-corrected chi connectivity index (χ3v) is 8.23. The first-order chi connectivity index (χ1) is 17.7. The van der Waals surface area contributed by atoms with Crippen LogP contribution in [-0.4, -0.2) is 69.1 Å². The second-order valence-electron chi connectivity index (χ2n) is 9.59. The lowest BCUT2D eigenvalue weighted by Crippen LogP contribution is -2.56. The molecule has 0 saturated carbocycles. The number of anilines is 1. The monoisotopic (exact) mass is 517 g/mol. The van der Waals surface area contributed by atoms with Crippen molar-refractivity contribution in [3.63, 3.8) is 0 Å². The molecule has 37 heavy (non-hydrogen) atoms. The van der Waals surface area contributed by atoms with Gasteiger partial charge in [-0.25, -0.2) is 17.7 Å². The third-order valence-electron chi connectivity index (χ3n) is 7.11. The number of fused-ring (bicyclic) bond motifs is 4. The van der Waals surface area contributed by atoms with Gasteiger partial charge in [0.05, 0.1) is 29.5 Å². The van der Waals surface area contributed by atoms with Crippen molar-refractivity contribution in [2.45, 2.75) is 10.9 Å². The van der Waals surface area contributed by atoms with E-state index < -0.39 is 20.5 Å². The van der Waals surface area contributed by atoms with Crippen LogP contribution >= 0.6 is 0 Å². The normalized spacial score (nSPS) is 17.7. The molecule has 0 spiro atoms. The lowest BCUT2D eigenvalue weighted by molar-refractivity contribution is 0.188. The molecule has 0 aliphatic carbocycles. The van der Waals surface area contributed by atoms with Crippen LogP contribution in [0.15, 0.2) is 53.4 Å². The molecule has 188 valence electrons. The fourth-order valence-electron chi connectivity index (χ4n) is 5.26. The minimum Gasteiger partial charge on any atom is -0.489 e. The minimum atomic E-state index is -3.78. The van der Waals surface area contributed by atoms with Gasteiger partial charge in [-0.1, -0.05) is 24.3 Å². The Bertz CT molecular complexity index is 1710. The van der Waals surface area contributed by atoms with Crippen LogP contribution in [0.4, 0.5) is 15.8 Å². The molecule has 0 bridgehead atoms. The number of sulfone groups is 1. The quantitative estimate of drug-likeness (QED) is 0.403. The number of halogens is 1. The van der Waals surface area contributed by atoms with Gasteiger partial charge in [0.1, 0.15) is 23.1 Å². The van der Waals surface area contributed by atoms with Gasteiger partial charge in [-0.2, -0.15) is 5.10 Å². The van der Waals surface area contributed by atoms with E-state index >= 15 is 4.39 Å². The van der Waals surface area contributed by atoms with Gasteiger partial charge in [0.15, 0.2) is 15.5 Å². The number of benzene rings is 3. The molecular formula is C27H24FN5O3S. The zero-order chi connectivity index (χ0) is 25.9. The van der Waals surface area contributed by atoms with Crippen LogP contribution in [0.5, 0.6) is 5.75 Å². The Morgan fingerprint density at radius 2 is 2.00 bits per heavy atom. The van der Waals surface area contributed by atoms with Crippen LogP contribution in [0.1, 0.15) is 0 Å². The molecular weight excluding hydrogens is 493 g/mol. The molecule has 2 aliphatic heterocycles. The van der Waals surface area contributed by atoms with Gasteiger partial charge in [0, 0.05) is 42.4 Å².